The number of likely N-dealkylation sites (tertiary alicyclic amines) is 1. The first-order chi connectivity index (χ1) is 12.5. The summed E-state index contributed by atoms with van der Waals surface area (Å²) in [6.07, 6.45) is 3.11. The van der Waals surface area contributed by atoms with Gasteiger partial charge in [0.1, 0.15) is 12.4 Å². The van der Waals surface area contributed by atoms with E-state index in [4.69, 9.17) is 10.5 Å². The summed E-state index contributed by atoms with van der Waals surface area (Å²) in [7, 11) is 0. The summed E-state index contributed by atoms with van der Waals surface area (Å²) in [6.45, 7) is 2.47. The number of amides is 2. The van der Waals surface area contributed by atoms with Gasteiger partial charge >= 0.3 is 0 Å². The standard InChI is InChI=1S/C19H20FN3O3/c1-12-10-13(6-7-15(12)20)19(25)23-9-3-4-14(23)11-26-16-5-2-8-22-17(16)18(21)24/h2,5-8,10,14H,3-4,9,11H2,1H3,(H2,21,24)/t14-/m1/s1. The van der Waals surface area contributed by atoms with Gasteiger partial charge in [-0.05, 0) is 55.7 Å². The summed E-state index contributed by atoms with van der Waals surface area (Å²) >= 11 is 0. The lowest BCUT2D eigenvalue weighted by atomic mass is 10.1. The van der Waals surface area contributed by atoms with Gasteiger partial charge in [0.15, 0.2) is 11.4 Å². The molecular formula is C19H20FN3O3. The molecular weight excluding hydrogens is 337 g/mol. The number of aromatic nitrogens is 1. The molecule has 0 spiro atoms. The summed E-state index contributed by atoms with van der Waals surface area (Å²) in [5.74, 6) is -0.849. The van der Waals surface area contributed by atoms with E-state index in [2.05, 4.69) is 4.98 Å². The number of nitrogens with two attached hydrogens (primary N) is 1. The number of carbonyl (C=O) groups excluding carboxylic acids is 2. The van der Waals surface area contributed by atoms with Crippen molar-refractivity contribution in [3.63, 3.8) is 0 Å². The topological polar surface area (TPSA) is 85.5 Å². The number of halogens is 1. The van der Waals surface area contributed by atoms with Crippen LogP contribution < -0.4 is 10.5 Å². The quantitative estimate of drug-likeness (QED) is 0.890. The maximum atomic E-state index is 13.4. The molecule has 1 saturated heterocycles. The molecule has 1 aliphatic rings. The molecule has 1 fully saturated rings. The van der Waals surface area contributed by atoms with Gasteiger partial charge in [0.25, 0.3) is 11.8 Å². The molecule has 136 valence electrons. The average molecular weight is 357 g/mol. The van der Waals surface area contributed by atoms with E-state index in [1.54, 1.807) is 30.0 Å². The second kappa shape index (κ2) is 7.51. The Balaban J connectivity index is 1.71. The number of rotatable bonds is 5. The Morgan fingerprint density at radius 2 is 2.19 bits per heavy atom. The minimum absolute atomic E-state index is 0.0672. The molecule has 0 unspecified atom stereocenters. The minimum Gasteiger partial charge on any atom is -0.489 e. The van der Waals surface area contributed by atoms with E-state index in [1.807, 2.05) is 0 Å². The van der Waals surface area contributed by atoms with Crippen LogP contribution in [-0.4, -0.2) is 40.9 Å². The molecule has 1 aromatic heterocycles. The maximum absolute atomic E-state index is 13.4. The number of primary amides is 1. The number of hydrogen-bond acceptors (Lipinski definition) is 4. The number of aryl methyl sites for hydroxylation is 1. The highest BCUT2D eigenvalue weighted by molar-refractivity contribution is 5.95. The highest BCUT2D eigenvalue weighted by atomic mass is 19.1. The van der Waals surface area contributed by atoms with Crippen LogP contribution in [0.3, 0.4) is 0 Å². The van der Waals surface area contributed by atoms with Gasteiger partial charge in [-0.3, -0.25) is 9.59 Å². The first-order valence-corrected chi connectivity index (χ1v) is 8.42. The van der Waals surface area contributed by atoms with Crippen LogP contribution in [0.4, 0.5) is 4.39 Å². The maximum Gasteiger partial charge on any atom is 0.271 e. The van der Waals surface area contributed by atoms with Crippen LogP contribution in [-0.2, 0) is 0 Å². The molecule has 2 heterocycles. The van der Waals surface area contributed by atoms with Crippen LogP contribution in [0.5, 0.6) is 5.75 Å². The van der Waals surface area contributed by atoms with Crippen molar-refractivity contribution < 1.29 is 18.7 Å². The Hall–Kier alpha value is -2.96. The number of carbonyl (C=O) groups is 2. The van der Waals surface area contributed by atoms with Crippen molar-refractivity contribution in [1.29, 1.82) is 0 Å². The number of pyridine rings is 1. The molecule has 2 N–H and O–H groups in total. The lowest BCUT2D eigenvalue weighted by Crippen LogP contribution is -2.39. The first-order valence-electron chi connectivity index (χ1n) is 8.42. The van der Waals surface area contributed by atoms with Crippen LogP contribution in [0, 0.1) is 12.7 Å². The van der Waals surface area contributed by atoms with Gasteiger partial charge in [-0.1, -0.05) is 0 Å². The van der Waals surface area contributed by atoms with E-state index in [1.165, 1.54) is 18.3 Å². The molecule has 0 aliphatic carbocycles. The molecule has 2 aromatic rings. The van der Waals surface area contributed by atoms with Crippen molar-refractivity contribution in [3.05, 3.63) is 59.2 Å². The van der Waals surface area contributed by atoms with Gasteiger partial charge in [0.2, 0.25) is 0 Å². The van der Waals surface area contributed by atoms with Gasteiger partial charge in [-0.15, -0.1) is 0 Å². The zero-order valence-electron chi connectivity index (χ0n) is 14.4. The van der Waals surface area contributed by atoms with Crippen LogP contribution in [0.2, 0.25) is 0 Å². The fourth-order valence-corrected chi connectivity index (χ4v) is 3.10. The third-order valence-corrected chi connectivity index (χ3v) is 4.48. The number of benzene rings is 1. The molecule has 0 bridgehead atoms. The van der Waals surface area contributed by atoms with Crippen molar-refractivity contribution in [1.82, 2.24) is 9.88 Å². The van der Waals surface area contributed by atoms with Gasteiger partial charge in [-0.2, -0.15) is 0 Å². The average Bonchev–Trinajstić information content (AvgIpc) is 3.10. The Morgan fingerprint density at radius 1 is 1.38 bits per heavy atom. The fraction of sp³-hybridized carbons (Fsp3) is 0.316. The van der Waals surface area contributed by atoms with Crippen LogP contribution in [0.1, 0.15) is 39.3 Å². The largest absolute Gasteiger partial charge is 0.489 e. The zero-order valence-corrected chi connectivity index (χ0v) is 14.4. The molecule has 26 heavy (non-hydrogen) atoms. The molecule has 0 radical (unpaired) electrons. The van der Waals surface area contributed by atoms with E-state index in [0.29, 0.717) is 23.4 Å². The zero-order chi connectivity index (χ0) is 18.7. The normalized spacial score (nSPS) is 16.5. The summed E-state index contributed by atoms with van der Waals surface area (Å²) < 4.78 is 19.2. The number of nitrogens with zero attached hydrogens (tertiary/aromatic N) is 2. The third kappa shape index (κ3) is 3.66. The third-order valence-electron chi connectivity index (χ3n) is 4.48. The van der Waals surface area contributed by atoms with E-state index in [-0.39, 0.29) is 30.1 Å². The first kappa shape index (κ1) is 17.8. The summed E-state index contributed by atoms with van der Waals surface area (Å²) in [6, 6.07) is 7.50. The minimum atomic E-state index is -0.665. The van der Waals surface area contributed by atoms with Gasteiger partial charge in [0.05, 0.1) is 6.04 Å². The summed E-state index contributed by atoms with van der Waals surface area (Å²) in [5, 5.41) is 0. The highest BCUT2D eigenvalue weighted by Gasteiger charge is 2.30. The van der Waals surface area contributed by atoms with Crippen LogP contribution in [0.25, 0.3) is 0 Å². The predicted molar refractivity (Wildman–Crippen MR) is 93.4 cm³/mol. The number of ether oxygens (including phenoxy) is 1. The Labute approximate surface area is 150 Å². The summed E-state index contributed by atoms with van der Waals surface area (Å²) in [4.78, 5) is 29.8. The lowest BCUT2D eigenvalue weighted by Gasteiger charge is -2.25. The molecule has 3 rings (SSSR count). The van der Waals surface area contributed by atoms with E-state index in [0.717, 1.165) is 12.8 Å². The van der Waals surface area contributed by atoms with Gasteiger partial charge in [0, 0.05) is 18.3 Å². The van der Waals surface area contributed by atoms with E-state index in [9.17, 15) is 14.0 Å². The lowest BCUT2D eigenvalue weighted by molar-refractivity contribution is 0.0689. The fourth-order valence-electron chi connectivity index (χ4n) is 3.10. The Morgan fingerprint density at radius 3 is 2.92 bits per heavy atom. The van der Waals surface area contributed by atoms with Crippen molar-refractivity contribution in [2.75, 3.05) is 13.2 Å². The molecule has 1 atom stereocenters. The molecule has 2 amide bonds. The van der Waals surface area contributed by atoms with E-state index < -0.39 is 5.91 Å². The van der Waals surface area contributed by atoms with E-state index >= 15 is 0 Å². The van der Waals surface area contributed by atoms with Gasteiger partial charge in [-0.25, -0.2) is 9.37 Å². The monoisotopic (exact) mass is 357 g/mol. The highest BCUT2D eigenvalue weighted by Crippen LogP contribution is 2.23. The molecule has 1 aliphatic heterocycles. The second-order valence-corrected chi connectivity index (χ2v) is 6.28. The molecule has 6 nitrogen and oxygen atoms in total. The van der Waals surface area contributed by atoms with Crippen LogP contribution in [0.15, 0.2) is 36.5 Å². The van der Waals surface area contributed by atoms with Gasteiger partial charge < -0.3 is 15.4 Å². The Bertz CT molecular complexity index is 841. The molecule has 1 aromatic carbocycles. The summed E-state index contributed by atoms with van der Waals surface area (Å²) in [5.41, 5.74) is 6.25. The van der Waals surface area contributed by atoms with Crippen molar-refractivity contribution in [2.45, 2.75) is 25.8 Å². The number of hydrogen-bond donors (Lipinski definition) is 1. The Kier molecular flexibility index (Phi) is 5.16. The van der Waals surface area contributed by atoms with Crippen molar-refractivity contribution >= 4 is 11.8 Å². The predicted octanol–water partition coefficient (Wildman–Crippen LogP) is 2.31. The molecule has 0 saturated carbocycles. The second-order valence-electron chi connectivity index (χ2n) is 6.28. The van der Waals surface area contributed by atoms with Crippen LogP contribution >= 0.6 is 0 Å². The van der Waals surface area contributed by atoms with Crippen molar-refractivity contribution in [2.24, 2.45) is 5.73 Å². The SMILES string of the molecule is Cc1cc(C(=O)N2CCC[C@@H]2COc2cccnc2C(N)=O)ccc1F. The smallest absolute Gasteiger partial charge is 0.271 e. The molecule has 7 heteroatoms. The van der Waals surface area contributed by atoms with Crippen molar-refractivity contribution in [3.8, 4) is 5.75 Å².